The molecule has 2 aliphatic carbocycles. The van der Waals surface area contributed by atoms with Crippen molar-refractivity contribution in [3.05, 3.63) is 30.0 Å². The predicted molar refractivity (Wildman–Crippen MR) is 177 cm³/mol. The smallest absolute Gasteiger partial charge is 0.374 e. The van der Waals surface area contributed by atoms with Crippen molar-refractivity contribution in [3.8, 4) is 0 Å². The molecule has 1 aromatic carbocycles. The van der Waals surface area contributed by atoms with Crippen LogP contribution < -0.4 is 11.1 Å². The van der Waals surface area contributed by atoms with Gasteiger partial charge in [-0.05, 0) is 113 Å². The predicted octanol–water partition coefficient (Wildman–Crippen LogP) is 5.87. The van der Waals surface area contributed by atoms with E-state index < -0.39 is 18.7 Å². The fourth-order valence-electron chi connectivity index (χ4n) is 8.02. The molecule has 2 heterocycles. The van der Waals surface area contributed by atoms with Crippen LogP contribution in [0, 0.1) is 23.7 Å². The zero-order valence-electron chi connectivity index (χ0n) is 27.9. The van der Waals surface area contributed by atoms with Crippen molar-refractivity contribution in [2.24, 2.45) is 29.4 Å². The lowest BCUT2D eigenvalue weighted by molar-refractivity contribution is -0.142. The maximum absolute atomic E-state index is 14.2. The van der Waals surface area contributed by atoms with E-state index in [0.717, 1.165) is 44.9 Å². The summed E-state index contributed by atoms with van der Waals surface area (Å²) < 4.78 is 34.8. The molecule has 47 heavy (non-hydrogen) atoms. The maximum atomic E-state index is 14.2. The van der Waals surface area contributed by atoms with Gasteiger partial charge in [-0.1, -0.05) is 0 Å². The molecule has 2 saturated carbocycles. The summed E-state index contributed by atoms with van der Waals surface area (Å²) in [7, 11) is 1.75. The zero-order valence-corrected chi connectivity index (χ0v) is 27.9. The number of hydrogen-bond donors (Lipinski definition) is 2. The molecule has 260 valence electrons. The molecule has 2 aromatic rings. The van der Waals surface area contributed by atoms with Crippen LogP contribution in [0.25, 0.3) is 11.0 Å². The van der Waals surface area contributed by atoms with Crippen LogP contribution in [0.2, 0.25) is 0 Å². The Kier molecular flexibility index (Phi) is 12.7. The Hall–Kier alpha value is -3.02. The van der Waals surface area contributed by atoms with E-state index in [1.54, 1.807) is 31.4 Å². The Morgan fingerprint density at radius 1 is 1.04 bits per heavy atom. The number of rotatable bonds is 14. The molecule has 11 heteroatoms. The number of nitrogens with zero attached hydrogens (tertiary/aromatic N) is 1. The van der Waals surface area contributed by atoms with Crippen LogP contribution in [0.1, 0.15) is 88.1 Å². The quantitative estimate of drug-likeness (QED) is 0.190. The summed E-state index contributed by atoms with van der Waals surface area (Å²) >= 11 is 0. The molecule has 1 aliphatic heterocycles. The number of nitrogens with two attached hydrogens (primary N) is 1. The second-order valence-corrected chi connectivity index (χ2v) is 13.5. The van der Waals surface area contributed by atoms with Gasteiger partial charge in [-0.2, -0.15) is 0 Å². The average molecular weight is 658 g/mol. The summed E-state index contributed by atoms with van der Waals surface area (Å²) in [5.41, 5.74) is 7.30. The number of carbonyl (C=O) groups is 3. The molecule has 0 spiro atoms. The first-order valence-corrected chi connectivity index (χ1v) is 17.6. The Bertz CT molecular complexity index is 1340. The highest BCUT2D eigenvalue weighted by molar-refractivity contribution is 6.00. The second-order valence-electron chi connectivity index (χ2n) is 13.5. The van der Waals surface area contributed by atoms with E-state index in [2.05, 4.69) is 5.32 Å². The molecule has 3 atom stereocenters. The zero-order chi connectivity index (χ0) is 33.3. The summed E-state index contributed by atoms with van der Waals surface area (Å²) in [5, 5.41) is 3.77. The topological polar surface area (TPSA) is 133 Å². The summed E-state index contributed by atoms with van der Waals surface area (Å²) in [5.74, 6) is -0.114. The number of halogens is 1. The number of carbonyl (C=O) groups excluding carboxylic acids is 3. The first-order valence-electron chi connectivity index (χ1n) is 17.6. The number of benzene rings is 1. The minimum absolute atomic E-state index is 0.0467. The van der Waals surface area contributed by atoms with Crippen molar-refractivity contribution in [2.45, 2.75) is 95.7 Å². The van der Waals surface area contributed by atoms with Crippen molar-refractivity contribution >= 4 is 34.4 Å². The first kappa shape index (κ1) is 35.3. The van der Waals surface area contributed by atoms with Gasteiger partial charge >= 0.3 is 5.97 Å². The molecule has 3 fully saturated rings. The lowest BCUT2D eigenvalue weighted by Gasteiger charge is -2.37. The van der Waals surface area contributed by atoms with Crippen LogP contribution in [0.5, 0.6) is 0 Å². The third kappa shape index (κ3) is 8.72. The summed E-state index contributed by atoms with van der Waals surface area (Å²) in [6.07, 6.45) is 8.89. The number of esters is 1. The molecule has 10 nitrogen and oxygen atoms in total. The molecule has 0 bridgehead atoms. The third-order valence-corrected chi connectivity index (χ3v) is 10.7. The molecule has 1 saturated heterocycles. The summed E-state index contributed by atoms with van der Waals surface area (Å²) in [6.45, 7) is 3.41. The fraction of sp³-hybridized carbons (Fsp3) is 0.694. The van der Waals surface area contributed by atoms with Gasteiger partial charge in [0, 0.05) is 56.3 Å². The molecule has 3 N–H and O–H groups in total. The number of hydrogen-bond acceptors (Lipinski definition) is 8. The van der Waals surface area contributed by atoms with Crippen LogP contribution in [0.15, 0.2) is 28.7 Å². The number of ether oxygens (including phenoxy) is 3. The van der Waals surface area contributed by atoms with Gasteiger partial charge in [0.2, 0.25) is 17.6 Å². The number of nitrogens with one attached hydrogen (secondary N) is 1. The molecule has 3 aliphatic rings. The first-order chi connectivity index (χ1) is 22.8. The molecule has 1 aromatic heterocycles. The summed E-state index contributed by atoms with van der Waals surface area (Å²) in [4.78, 5) is 42.6. The Morgan fingerprint density at radius 2 is 1.81 bits per heavy atom. The number of anilines is 1. The molecular formula is C36H52FN3O7. The van der Waals surface area contributed by atoms with Gasteiger partial charge in [0.05, 0.1) is 19.4 Å². The second kappa shape index (κ2) is 16.9. The van der Waals surface area contributed by atoms with Crippen molar-refractivity contribution in [2.75, 3.05) is 45.5 Å². The minimum Gasteiger partial charge on any atom is -0.460 e. The van der Waals surface area contributed by atoms with Crippen molar-refractivity contribution in [3.63, 3.8) is 0 Å². The highest BCUT2D eigenvalue weighted by Gasteiger charge is 2.47. The largest absolute Gasteiger partial charge is 0.460 e. The average Bonchev–Trinajstić information content (AvgIpc) is 3.73. The van der Waals surface area contributed by atoms with Crippen molar-refractivity contribution < 1.29 is 37.4 Å². The fourth-order valence-corrected chi connectivity index (χ4v) is 8.02. The van der Waals surface area contributed by atoms with E-state index in [-0.39, 0.29) is 54.1 Å². The Labute approximate surface area is 277 Å². The van der Waals surface area contributed by atoms with Gasteiger partial charge in [0.25, 0.3) is 0 Å². The van der Waals surface area contributed by atoms with Gasteiger partial charge in [0.15, 0.2) is 0 Å². The van der Waals surface area contributed by atoms with Gasteiger partial charge in [0.1, 0.15) is 11.6 Å². The molecule has 5 rings (SSSR count). The van der Waals surface area contributed by atoms with E-state index in [1.165, 1.54) is 0 Å². The van der Waals surface area contributed by atoms with E-state index in [0.29, 0.717) is 68.0 Å². The number of methoxy groups -OCH3 is 1. The lowest BCUT2D eigenvalue weighted by Crippen LogP contribution is -2.50. The van der Waals surface area contributed by atoms with E-state index in [4.69, 9.17) is 24.4 Å². The SMILES string of the molecule is CCOCCCOC(=O)c1cc2cc(NC(=O)[C@@H]3[C@H](C4CCC(OC)CC4)CCN3C(=O)[C@H]3CC[C@H]([C@H](N)CCF)CC3)ccc2o1. The minimum atomic E-state index is -0.569. The van der Waals surface area contributed by atoms with Gasteiger partial charge < -0.3 is 34.6 Å². The molecular weight excluding hydrogens is 605 g/mol. The van der Waals surface area contributed by atoms with E-state index in [9.17, 15) is 18.8 Å². The van der Waals surface area contributed by atoms with Crippen LogP contribution >= 0.6 is 0 Å². The van der Waals surface area contributed by atoms with E-state index in [1.807, 2.05) is 11.8 Å². The number of fused-ring (bicyclic) bond motifs is 1. The molecule has 2 amide bonds. The van der Waals surface area contributed by atoms with Gasteiger partial charge in [-0.25, -0.2) is 4.79 Å². The third-order valence-electron chi connectivity index (χ3n) is 10.7. The van der Waals surface area contributed by atoms with Gasteiger partial charge in [-0.15, -0.1) is 0 Å². The van der Waals surface area contributed by atoms with Crippen LogP contribution in [0.3, 0.4) is 0 Å². The molecule has 0 unspecified atom stereocenters. The number of furan rings is 1. The Morgan fingerprint density at radius 3 is 2.51 bits per heavy atom. The van der Waals surface area contributed by atoms with Gasteiger partial charge in [-0.3, -0.25) is 14.0 Å². The number of likely N-dealkylation sites (tertiary alicyclic amines) is 1. The number of alkyl halides is 1. The Balaban J connectivity index is 1.28. The normalized spacial score (nSPS) is 27.1. The molecule has 0 radical (unpaired) electrons. The number of amides is 2. The van der Waals surface area contributed by atoms with Crippen molar-refractivity contribution in [1.82, 2.24) is 4.90 Å². The van der Waals surface area contributed by atoms with Crippen LogP contribution in [-0.2, 0) is 23.8 Å². The van der Waals surface area contributed by atoms with Crippen LogP contribution in [0.4, 0.5) is 10.1 Å². The highest BCUT2D eigenvalue weighted by Crippen LogP contribution is 2.42. The monoisotopic (exact) mass is 657 g/mol. The van der Waals surface area contributed by atoms with Crippen LogP contribution in [-0.4, -0.2) is 81.0 Å². The van der Waals surface area contributed by atoms with Crippen molar-refractivity contribution in [1.29, 1.82) is 0 Å². The maximum Gasteiger partial charge on any atom is 0.374 e. The highest BCUT2D eigenvalue weighted by atomic mass is 19.1. The standard InChI is InChI=1S/C36H52FN3O7/c1-3-45-19-4-20-46-36(43)32-22-26-21-27(11-14-31(26)47-32)39-34(41)33-29(23-9-12-28(44-2)13-10-23)16-18-40(33)35(42)25-7-5-24(6-8-25)30(38)15-17-37/h11,14,21-25,28-30,33H,3-10,12-13,15-20,38H2,1-2H3,(H,39,41)/t23?,24-,25-,28?,29-,30+,33-/m0/s1. The lowest BCUT2D eigenvalue weighted by atomic mass is 9.75. The van der Waals surface area contributed by atoms with E-state index >= 15 is 0 Å². The summed E-state index contributed by atoms with van der Waals surface area (Å²) in [6, 6.07) is 6.14.